The molecule has 3 heterocycles. The summed E-state index contributed by atoms with van der Waals surface area (Å²) in [6, 6.07) is 30.5. The van der Waals surface area contributed by atoms with Crippen molar-refractivity contribution in [1.82, 2.24) is 35.5 Å². The number of aliphatic hydroxyl groups excluding tert-OH is 1. The van der Waals surface area contributed by atoms with Crippen LogP contribution >= 0.6 is 0 Å². The van der Waals surface area contributed by atoms with Crippen molar-refractivity contribution in [2.24, 2.45) is 17.1 Å². The van der Waals surface area contributed by atoms with E-state index in [1.807, 2.05) is 138 Å². The first-order valence-electron chi connectivity index (χ1n) is 20.5. The van der Waals surface area contributed by atoms with Crippen molar-refractivity contribution in [3.05, 3.63) is 132 Å². The Morgan fingerprint density at radius 3 is 2.27 bits per heavy atom. The molecule has 0 saturated carbocycles. The molecule has 5 N–H and O–H groups in total. The summed E-state index contributed by atoms with van der Waals surface area (Å²) in [4.78, 5) is 54.6. The highest BCUT2D eigenvalue weighted by Gasteiger charge is 2.41. The third kappa shape index (κ3) is 10.9. The van der Waals surface area contributed by atoms with Gasteiger partial charge in [0.15, 0.2) is 0 Å². The fraction of sp³-hybridized carbons (Fsp3) is 0.383. The summed E-state index contributed by atoms with van der Waals surface area (Å²) in [5, 5.41) is 17.9. The number of nitrogens with one attached hydrogen (secondary N) is 2. The standard InChI is InChI=1S/C47H58N8O4/c1-6-32(2)42(55-27-26-53(46(55)59)30-36-23-25-50-39-18-11-10-16-37(36)39)44(57)51-40(28-33-14-8-7-9-15-33)41(56)31-54(52-45(58)43(48)47(3,4)5)29-34-19-21-35(22-20-34)38-17-12-13-24-49-38/h7-25,32,40-43,56H,6,26-31,48H2,1-5H3,(H,51,57)(H,52,58)/t32-,40-,41+,42-,43+/m0/s1. The smallest absolute Gasteiger partial charge is 0.321 e. The number of hydrogen-bond donors (Lipinski definition) is 4. The molecule has 12 heteroatoms. The Kier molecular flexibility index (Phi) is 14.1. The van der Waals surface area contributed by atoms with E-state index in [9.17, 15) is 19.5 Å². The first-order chi connectivity index (χ1) is 28.3. The molecule has 4 amide bonds. The van der Waals surface area contributed by atoms with Crippen LogP contribution in [-0.4, -0.2) is 91.6 Å². The van der Waals surface area contributed by atoms with Crippen molar-refractivity contribution < 1.29 is 19.5 Å². The van der Waals surface area contributed by atoms with Gasteiger partial charge < -0.3 is 26.0 Å². The van der Waals surface area contributed by atoms with Crippen LogP contribution in [0.25, 0.3) is 22.2 Å². The molecule has 6 rings (SSSR count). The maximum atomic E-state index is 14.6. The average molecular weight is 799 g/mol. The third-order valence-corrected chi connectivity index (χ3v) is 11.3. The maximum absolute atomic E-state index is 14.6. The molecule has 2 aromatic heterocycles. The van der Waals surface area contributed by atoms with E-state index in [1.165, 1.54) is 0 Å². The molecule has 1 aliphatic rings. The summed E-state index contributed by atoms with van der Waals surface area (Å²) >= 11 is 0. The van der Waals surface area contributed by atoms with Gasteiger partial charge in [0, 0.05) is 56.1 Å². The fourth-order valence-electron chi connectivity index (χ4n) is 7.51. The lowest BCUT2D eigenvalue weighted by Crippen LogP contribution is -2.59. The van der Waals surface area contributed by atoms with Gasteiger partial charge in [0.05, 0.1) is 29.4 Å². The van der Waals surface area contributed by atoms with E-state index in [2.05, 4.69) is 20.7 Å². The Balaban J connectivity index is 1.23. The molecule has 310 valence electrons. The summed E-state index contributed by atoms with van der Waals surface area (Å²) in [5.41, 5.74) is 14.3. The number of para-hydroxylation sites is 1. The van der Waals surface area contributed by atoms with Crippen LogP contribution in [0, 0.1) is 11.3 Å². The van der Waals surface area contributed by atoms with E-state index in [0.717, 1.165) is 38.9 Å². The molecule has 0 radical (unpaired) electrons. The number of carbonyl (C=O) groups excluding carboxylic acids is 3. The van der Waals surface area contributed by atoms with Crippen molar-refractivity contribution >= 4 is 28.7 Å². The van der Waals surface area contributed by atoms with Crippen LogP contribution in [0.4, 0.5) is 4.79 Å². The predicted octanol–water partition coefficient (Wildman–Crippen LogP) is 5.94. The molecule has 3 aromatic carbocycles. The molecule has 1 fully saturated rings. The number of amides is 4. The first-order valence-corrected chi connectivity index (χ1v) is 20.5. The predicted molar refractivity (Wildman–Crippen MR) is 231 cm³/mol. The number of nitrogens with two attached hydrogens (primary N) is 1. The second-order valence-electron chi connectivity index (χ2n) is 16.7. The van der Waals surface area contributed by atoms with E-state index in [1.54, 1.807) is 27.2 Å². The van der Waals surface area contributed by atoms with Crippen molar-refractivity contribution in [2.75, 3.05) is 19.6 Å². The van der Waals surface area contributed by atoms with Crippen LogP contribution in [0.15, 0.2) is 116 Å². The Hall–Kier alpha value is -5.69. The summed E-state index contributed by atoms with van der Waals surface area (Å²) in [6.45, 7) is 11.2. The van der Waals surface area contributed by atoms with Gasteiger partial charge in [-0.15, -0.1) is 0 Å². The maximum Gasteiger partial charge on any atom is 0.321 e. The summed E-state index contributed by atoms with van der Waals surface area (Å²) in [7, 11) is 0. The zero-order valence-corrected chi connectivity index (χ0v) is 34.8. The van der Waals surface area contributed by atoms with Crippen LogP contribution in [0.5, 0.6) is 0 Å². The normalized spacial score (nSPS) is 15.8. The number of fused-ring (bicyclic) bond motifs is 1. The number of nitrogens with zero attached hydrogens (tertiary/aromatic N) is 5. The van der Waals surface area contributed by atoms with E-state index >= 15 is 0 Å². The minimum atomic E-state index is -1.14. The summed E-state index contributed by atoms with van der Waals surface area (Å²) in [6.07, 6.45) is 3.35. The van der Waals surface area contributed by atoms with Crippen LogP contribution in [-0.2, 0) is 29.1 Å². The Labute approximate surface area is 347 Å². The molecule has 12 nitrogen and oxygen atoms in total. The van der Waals surface area contributed by atoms with Gasteiger partial charge in [0.25, 0.3) is 5.91 Å². The number of hydrogen-bond acceptors (Lipinski definition) is 8. The lowest BCUT2D eigenvalue weighted by atomic mass is 9.87. The van der Waals surface area contributed by atoms with Crippen molar-refractivity contribution in [3.8, 4) is 11.3 Å². The molecule has 0 unspecified atom stereocenters. The highest BCUT2D eigenvalue weighted by atomic mass is 16.3. The largest absolute Gasteiger partial charge is 0.390 e. The number of benzene rings is 3. The molecule has 59 heavy (non-hydrogen) atoms. The van der Waals surface area contributed by atoms with Crippen molar-refractivity contribution in [2.45, 2.75) is 84.8 Å². The number of carbonyl (C=O) groups is 3. The fourth-order valence-corrected chi connectivity index (χ4v) is 7.51. The second-order valence-corrected chi connectivity index (χ2v) is 16.7. The van der Waals surface area contributed by atoms with Crippen LogP contribution in [0.1, 0.15) is 57.7 Å². The quantitative estimate of drug-likeness (QED) is 0.0843. The van der Waals surface area contributed by atoms with Gasteiger partial charge in [0.2, 0.25) is 5.91 Å². The number of aromatic nitrogens is 2. The number of aliphatic hydroxyl groups is 1. The van der Waals surface area contributed by atoms with Gasteiger partial charge in [-0.2, -0.15) is 0 Å². The number of pyridine rings is 2. The molecule has 0 aliphatic carbocycles. The van der Waals surface area contributed by atoms with Crippen molar-refractivity contribution in [3.63, 3.8) is 0 Å². The first kappa shape index (κ1) is 42.9. The van der Waals surface area contributed by atoms with Gasteiger partial charge in [-0.3, -0.25) is 25.0 Å². The molecule has 5 aromatic rings. The SMILES string of the molecule is CC[C@H](C)[C@@H](C(=O)N[C@@H](Cc1ccccc1)[C@H](O)CN(Cc1ccc(-c2ccccn2)cc1)NC(=O)[C@@H](N)C(C)(C)C)N1CCN(Cc2ccnc3ccccc23)C1=O. The van der Waals surface area contributed by atoms with Crippen molar-refractivity contribution in [1.29, 1.82) is 0 Å². The number of rotatable bonds is 17. The highest BCUT2D eigenvalue weighted by Crippen LogP contribution is 2.26. The summed E-state index contributed by atoms with van der Waals surface area (Å²) in [5.74, 6) is -0.884. The minimum Gasteiger partial charge on any atom is -0.390 e. The van der Waals surface area contributed by atoms with Gasteiger partial charge in [0.1, 0.15) is 6.04 Å². The average Bonchev–Trinajstić information content (AvgIpc) is 3.59. The zero-order valence-electron chi connectivity index (χ0n) is 34.8. The monoisotopic (exact) mass is 798 g/mol. The number of hydrazine groups is 1. The molecule has 1 aliphatic heterocycles. The topological polar surface area (TPSA) is 157 Å². The lowest BCUT2D eigenvalue weighted by molar-refractivity contribution is -0.132. The Morgan fingerprint density at radius 2 is 1.58 bits per heavy atom. The molecule has 0 bridgehead atoms. The van der Waals surface area contributed by atoms with Crippen LogP contribution in [0.3, 0.4) is 0 Å². The van der Waals surface area contributed by atoms with E-state index in [-0.39, 0.29) is 36.9 Å². The van der Waals surface area contributed by atoms with Gasteiger partial charge in [-0.05, 0) is 58.7 Å². The molecule has 0 spiro atoms. The zero-order chi connectivity index (χ0) is 42.1. The Bertz CT molecular complexity index is 2160. The lowest BCUT2D eigenvalue weighted by Gasteiger charge is -2.35. The summed E-state index contributed by atoms with van der Waals surface area (Å²) < 4.78 is 0. The van der Waals surface area contributed by atoms with E-state index in [0.29, 0.717) is 32.5 Å². The Morgan fingerprint density at radius 1 is 0.864 bits per heavy atom. The van der Waals surface area contributed by atoms with Gasteiger partial charge in [-0.1, -0.05) is 120 Å². The minimum absolute atomic E-state index is 0.0211. The third-order valence-electron chi connectivity index (χ3n) is 11.3. The number of urea groups is 1. The molecular formula is C47H58N8O4. The van der Waals surface area contributed by atoms with E-state index < -0.39 is 29.6 Å². The van der Waals surface area contributed by atoms with Crippen LogP contribution < -0.4 is 16.5 Å². The molecule has 5 atom stereocenters. The second kappa shape index (κ2) is 19.4. The van der Waals surface area contributed by atoms with E-state index in [4.69, 9.17) is 5.73 Å². The highest BCUT2D eigenvalue weighted by molar-refractivity contribution is 5.89. The van der Waals surface area contributed by atoms with Gasteiger partial charge >= 0.3 is 6.03 Å². The van der Waals surface area contributed by atoms with Crippen LogP contribution in [0.2, 0.25) is 0 Å². The van der Waals surface area contributed by atoms with Gasteiger partial charge in [-0.25, -0.2) is 9.80 Å². The molecule has 1 saturated heterocycles. The molecular weight excluding hydrogens is 741 g/mol.